The largest absolute Gasteiger partial charge is 0.416 e. The van der Waals surface area contributed by atoms with Crippen molar-refractivity contribution in [2.75, 3.05) is 19.8 Å². The maximum atomic E-state index is 13.1. The minimum Gasteiger partial charge on any atom is -0.381 e. The van der Waals surface area contributed by atoms with E-state index >= 15 is 0 Å². The van der Waals surface area contributed by atoms with Crippen LogP contribution in [0.2, 0.25) is 0 Å². The summed E-state index contributed by atoms with van der Waals surface area (Å²) < 4.78 is 44.6. The molecule has 2 aliphatic heterocycles. The van der Waals surface area contributed by atoms with Gasteiger partial charge in [-0.3, -0.25) is 9.59 Å². The lowest BCUT2D eigenvalue weighted by molar-refractivity contribution is -0.138. The summed E-state index contributed by atoms with van der Waals surface area (Å²) in [5, 5.41) is 5.44. The Morgan fingerprint density at radius 2 is 2.00 bits per heavy atom. The number of piperidine rings is 1. The van der Waals surface area contributed by atoms with Crippen molar-refractivity contribution in [3.63, 3.8) is 0 Å². The Morgan fingerprint density at radius 3 is 2.65 bits per heavy atom. The first-order chi connectivity index (χ1) is 12.3. The Hall–Kier alpha value is -2.09. The van der Waals surface area contributed by atoms with Crippen LogP contribution in [-0.4, -0.2) is 37.6 Å². The molecule has 2 heterocycles. The highest BCUT2D eigenvalue weighted by Gasteiger charge is 2.44. The molecule has 142 valence electrons. The molecule has 1 atom stereocenters. The molecule has 1 aromatic rings. The standard InChI is InChI=1S/C18H21F3N2O3/c19-18(20,21)13-4-1-3-12(11-13)17(6-9-26-10-7-17)16(25)23-14-5-2-8-22-15(14)24/h1,3-4,11,14H,2,5-10H2,(H,22,24)(H,23,25). The number of rotatable bonds is 3. The molecule has 0 aliphatic carbocycles. The minimum absolute atomic E-state index is 0.254. The van der Waals surface area contributed by atoms with E-state index in [1.807, 2.05) is 0 Å². The van der Waals surface area contributed by atoms with Gasteiger partial charge in [0, 0.05) is 19.8 Å². The van der Waals surface area contributed by atoms with E-state index in [1.54, 1.807) is 6.07 Å². The number of halogens is 3. The average Bonchev–Trinajstić information content (AvgIpc) is 2.63. The normalized spacial score (nSPS) is 23.2. The lowest BCUT2D eigenvalue weighted by Crippen LogP contribution is -2.56. The van der Waals surface area contributed by atoms with Crippen LogP contribution in [0.4, 0.5) is 13.2 Å². The fourth-order valence-electron chi connectivity index (χ4n) is 3.57. The van der Waals surface area contributed by atoms with Gasteiger partial charge in [0.1, 0.15) is 6.04 Å². The average molecular weight is 370 g/mol. The van der Waals surface area contributed by atoms with Crippen molar-refractivity contribution in [3.8, 4) is 0 Å². The first kappa shape index (κ1) is 18.7. The number of carbonyl (C=O) groups excluding carboxylic acids is 2. The van der Waals surface area contributed by atoms with Crippen LogP contribution in [0.15, 0.2) is 24.3 Å². The van der Waals surface area contributed by atoms with E-state index in [4.69, 9.17) is 4.74 Å². The van der Waals surface area contributed by atoms with Gasteiger partial charge in [-0.1, -0.05) is 18.2 Å². The van der Waals surface area contributed by atoms with Gasteiger partial charge in [0.25, 0.3) is 0 Å². The molecule has 5 nitrogen and oxygen atoms in total. The molecule has 26 heavy (non-hydrogen) atoms. The number of hydrogen-bond acceptors (Lipinski definition) is 3. The molecule has 0 bridgehead atoms. The highest BCUT2D eigenvalue weighted by molar-refractivity contribution is 5.93. The molecular formula is C18H21F3N2O3. The summed E-state index contributed by atoms with van der Waals surface area (Å²) in [6.07, 6.45) is -2.67. The van der Waals surface area contributed by atoms with Crippen molar-refractivity contribution in [1.82, 2.24) is 10.6 Å². The zero-order valence-electron chi connectivity index (χ0n) is 14.2. The highest BCUT2D eigenvalue weighted by atomic mass is 19.4. The molecule has 0 aromatic heterocycles. The summed E-state index contributed by atoms with van der Waals surface area (Å²) in [4.78, 5) is 25.0. The molecular weight excluding hydrogens is 349 g/mol. The van der Waals surface area contributed by atoms with Crippen LogP contribution in [0, 0.1) is 0 Å². The Morgan fingerprint density at radius 1 is 1.27 bits per heavy atom. The van der Waals surface area contributed by atoms with E-state index in [-0.39, 0.29) is 32.0 Å². The number of alkyl halides is 3. The molecule has 0 spiro atoms. The van der Waals surface area contributed by atoms with Crippen molar-refractivity contribution in [3.05, 3.63) is 35.4 Å². The van der Waals surface area contributed by atoms with Crippen LogP contribution in [-0.2, 0) is 25.9 Å². The number of benzene rings is 1. The topological polar surface area (TPSA) is 67.4 Å². The predicted octanol–water partition coefficient (Wildman–Crippen LogP) is 2.15. The quantitative estimate of drug-likeness (QED) is 0.857. The molecule has 2 saturated heterocycles. The number of ether oxygens (including phenoxy) is 1. The Labute approximate surface area is 149 Å². The summed E-state index contributed by atoms with van der Waals surface area (Å²) in [6, 6.07) is 4.23. The molecule has 1 aromatic carbocycles. The summed E-state index contributed by atoms with van der Waals surface area (Å²) in [6.45, 7) is 1.12. The summed E-state index contributed by atoms with van der Waals surface area (Å²) in [5.74, 6) is -0.668. The van der Waals surface area contributed by atoms with Gasteiger partial charge in [0.15, 0.2) is 0 Å². The predicted molar refractivity (Wildman–Crippen MR) is 87.3 cm³/mol. The third-order valence-electron chi connectivity index (χ3n) is 5.11. The zero-order valence-corrected chi connectivity index (χ0v) is 14.2. The van der Waals surface area contributed by atoms with E-state index in [0.717, 1.165) is 18.6 Å². The maximum absolute atomic E-state index is 13.1. The van der Waals surface area contributed by atoms with Gasteiger partial charge in [-0.15, -0.1) is 0 Å². The Bertz CT molecular complexity index is 685. The van der Waals surface area contributed by atoms with Crippen molar-refractivity contribution in [1.29, 1.82) is 0 Å². The molecule has 8 heteroatoms. The lowest BCUT2D eigenvalue weighted by atomic mass is 9.72. The number of nitrogens with one attached hydrogen (secondary N) is 2. The maximum Gasteiger partial charge on any atom is 0.416 e. The smallest absolute Gasteiger partial charge is 0.381 e. The monoisotopic (exact) mass is 370 g/mol. The molecule has 2 amide bonds. The molecule has 0 saturated carbocycles. The van der Waals surface area contributed by atoms with Crippen LogP contribution < -0.4 is 10.6 Å². The van der Waals surface area contributed by atoms with E-state index < -0.39 is 29.1 Å². The van der Waals surface area contributed by atoms with Crippen LogP contribution in [0.25, 0.3) is 0 Å². The van der Waals surface area contributed by atoms with Crippen molar-refractivity contribution in [2.24, 2.45) is 0 Å². The van der Waals surface area contributed by atoms with Crippen molar-refractivity contribution >= 4 is 11.8 Å². The van der Waals surface area contributed by atoms with E-state index in [0.29, 0.717) is 18.5 Å². The van der Waals surface area contributed by atoms with E-state index in [1.165, 1.54) is 6.07 Å². The Kier molecular flexibility index (Phi) is 5.22. The molecule has 0 radical (unpaired) electrons. The first-order valence-corrected chi connectivity index (χ1v) is 8.67. The van der Waals surface area contributed by atoms with Crippen LogP contribution >= 0.6 is 0 Å². The molecule has 2 aliphatic rings. The molecule has 3 rings (SSSR count). The van der Waals surface area contributed by atoms with E-state index in [9.17, 15) is 22.8 Å². The van der Waals surface area contributed by atoms with Gasteiger partial charge in [0.2, 0.25) is 11.8 Å². The summed E-state index contributed by atoms with van der Waals surface area (Å²) in [7, 11) is 0. The number of carbonyl (C=O) groups is 2. The summed E-state index contributed by atoms with van der Waals surface area (Å²) >= 11 is 0. The van der Waals surface area contributed by atoms with Crippen LogP contribution in [0.5, 0.6) is 0 Å². The number of amides is 2. The van der Waals surface area contributed by atoms with Crippen molar-refractivity contribution in [2.45, 2.75) is 43.3 Å². The molecule has 1 unspecified atom stereocenters. The van der Waals surface area contributed by atoms with Gasteiger partial charge >= 0.3 is 6.18 Å². The lowest BCUT2D eigenvalue weighted by Gasteiger charge is -2.38. The Balaban J connectivity index is 1.91. The number of hydrogen-bond donors (Lipinski definition) is 2. The van der Waals surface area contributed by atoms with Gasteiger partial charge < -0.3 is 15.4 Å². The first-order valence-electron chi connectivity index (χ1n) is 8.67. The fraction of sp³-hybridized carbons (Fsp3) is 0.556. The fourth-order valence-corrected chi connectivity index (χ4v) is 3.57. The SMILES string of the molecule is O=C1NCCCC1NC(=O)C1(c2cccc(C(F)(F)F)c2)CCOCC1. The van der Waals surface area contributed by atoms with Gasteiger partial charge in [0.05, 0.1) is 11.0 Å². The van der Waals surface area contributed by atoms with Crippen LogP contribution in [0.1, 0.15) is 36.8 Å². The third kappa shape index (κ3) is 3.70. The minimum atomic E-state index is -4.48. The van der Waals surface area contributed by atoms with Gasteiger partial charge in [-0.05, 0) is 37.3 Å². The highest BCUT2D eigenvalue weighted by Crippen LogP contribution is 2.38. The van der Waals surface area contributed by atoms with Crippen LogP contribution in [0.3, 0.4) is 0 Å². The zero-order chi connectivity index (χ0) is 18.8. The third-order valence-corrected chi connectivity index (χ3v) is 5.11. The van der Waals surface area contributed by atoms with E-state index in [2.05, 4.69) is 10.6 Å². The molecule has 2 fully saturated rings. The van der Waals surface area contributed by atoms with Gasteiger partial charge in [-0.2, -0.15) is 13.2 Å². The second kappa shape index (κ2) is 7.26. The van der Waals surface area contributed by atoms with Gasteiger partial charge in [-0.25, -0.2) is 0 Å². The second-order valence-corrected chi connectivity index (χ2v) is 6.73. The second-order valence-electron chi connectivity index (χ2n) is 6.73. The summed E-state index contributed by atoms with van der Waals surface area (Å²) in [5.41, 5.74) is -1.61. The van der Waals surface area contributed by atoms with Crippen molar-refractivity contribution < 1.29 is 27.5 Å². The molecule has 2 N–H and O–H groups in total.